The zero-order valence-corrected chi connectivity index (χ0v) is 19.7. The molecule has 1 unspecified atom stereocenters. The molecule has 1 aliphatic heterocycles. The molecule has 3 N–H and O–H groups in total. The number of pyridine rings is 1. The second-order valence-corrected chi connectivity index (χ2v) is 8.12. The highest BCUT2D eigenvalue weighted by Crippen LogP contribution is 2.31. The first-order valence-corrected chi connectivity index (χ1v) is 11.3. The molecule has 3 heterocycles. The largest absolute Gasteiger partial charge is 0.439 e. The fourth-order valence-electron chi connectivity index (χ4n) is 4.18. The molecular weight excluding hydrogens is 465 g/mol. The Morgan fingerprint density at radius 3 is 2.72 bits per heavy atom. The Morgan fingerprint density at radius 2 is 2.08 bits per heavy atom. The van der Waals surface area contributed by atoms with Crippen molar-refractivity contribution in [2.24, 2.45) is 10.8 Å². The molecule has 1 amide bonds. The number of aldehydes is 1. The van der Waals surface area contributed by atoms with Crippen LogP contribution >= 0.6 is 0 Å². The first-order valence-electron chi connectivity index (χ1n) is 11.3. The summed E-state index contributed by atoms with van der Waals surface area (Å²) in [5, 5.41) is 8.84. The van der Waals surface area contributed by atoms with Gasteiger partial charge in [0.25, 0.3) is 0 Å². The van der Waals surface area contributed by atoms with Crippen molar-refractivity contribution in [3.05, 3.63) is 72.3 Å². The molecule has 1 aromatic carbocycles. The standard InChI is InChI=1S/C25H26FN7O3/c1-3-22(35)32-12-4-5-18(14-32)33-20(15-34)23(25(27)30-28-2)24(31-33)16-6-9-19(10-7-16)36-21-11-8-17(26)13-29-21/h3,6-11,13,15,18,28H,1,4-5,12,14H2,2H3,(H2,27,30). The van der Waals surface area contributed by atoms with Gasteiger partial charge < -0.3 is 20.8 Å². The molecule has 11 heteroatoms. The molecule has 1 aliphatic rings. The van der Waals surface area contributed by atoms with Gasteiger partial charge in [-0.15, -0.1) is 0 Å². The molecule has 0 aliphatic carbocycles. The van der Waals surface area contributed by atoms with E-state index in [2.05, 4.69) is 22.1 Å². The monoisotopic (exact) mass is 491 g/mol. The number of amides is 1. The first-order chi connectivity index (χ1) is 17.4. The number of nitrogens with zero attached hydrogens (tertiary/aromatic N) is 5. The maximum Gasteiger partial charge on any atom is 0.246 e. The Morgan fingerprint density at radius 1 is 1.31 bits per heavy atom. The maximum absolute atomic E-state index is 13.1. The van der Waals surface area contributed by atoms with E-state index in [1.807, 2.05) is 0 Å². The number of carbonyl (C=O) groups excluding carboxylic acids is 2. The number of amidine groups is 1. The predicted octanol–water partition coefficient (Wildman–Crippen LogP) is 2.88. The summed E-state index contributed by atoms with van der Waals surface area (Å²) in [6.07, 6.45) is 4.56. The Balaban J connectivity index is 1.71. The van der Waals surface area contributed by atoms with Crippen molar-refractivity contribution in [3.8, 4) is 22.9 Å². The van der Waals surface area contributed by atoms with Crippen molar-refractivity contribution in [2.75, 3.05) is 20.1 Å². The zero-order chi connectivity index (χ0) is 25.7. The second-order valence-electron chi connectivity index (χ2n) is 8.12. The van der Waals surface area contributed by atoms with E-state index in [9.17, 15) is 14.0 Å². The van der Waals surface area contributed by atoms with Crippen LogP contribution in [0.2, 0.25) is 0 Å². The minimum absolute atomic E-state index is 0.103. The quantitative estimate of drug-likeness (QED) is 0.163. The average Bonchev–Trinajstić information content (AvgIpc) is 3.30. The lowest BCUT2D eigenvalue weighted by Gasteiger charge is -2.32. The zero-order valence-electron chi connectivity index (χ0n) is 19.7. The fourth-order valence-corrected chi connectivity index (χ4v) is 4.18. The highest BCUT2D eigenvalue weighted by molar-refractivity contribution is 6.07. The fraction of sp³-hybridized carbons (Fsp3) is 0.240. The smallest absolute Gasteiger partial charge is 0.246 e. The van der Waals surface area contributed by atoms with Crippen LogP contribution in [0.5, 0.6) is 11.6 Å². The number of halogens is 1. The van der Waals surface area contributed by atoms with Crippen LogP contribution in [0.25, 0.3) is 11.3 Å². The molecule has 3 aromatic rings. The number of likely N-dealkylation sites (tertiary alicyclic amines) is 1. The summed E-state index contributed by atoms with van der Waals surface area (Å²) in [4.78, 5) is 30.0. The number of aromatic nitrogens is 3. The van der Waals surface area contributed by atoms with Gasteiger partial charge in [0.15, 0.2) is 12.1 Å². The lowest BCUT2D eigenvalue weighted by Crippen LogP contribution is -2.40. The summed E-state index contributed by atoms with van der Waals surface area (Å²) in [6.45, 7) is 4.58. The normalized spacial score (nSPS) is 15.9. The van der Waals surface area contributed by atoms with Crippen molar-refractivity contribution in [1.82, 2.24) is 25.1 Å². The third-order valence-electron chi connectivity index (χ3n) is 5.83. The van der Waals surface area contributed by atoms with Crippen LogP contribution in [-0.4, -0.2) is 57.8 Å². The van der Waals surface area contributed by atoms with E-state index >= 15 is 0 Å². The molecule has 4 rings (SSSR count). The Labute approximate surface area is 207 Å². The van der Waals surface area contributed by atoms with Gasteiger partial charge >= 0.3 is 0 Å². The Bertz CT molecular complexity index is 1290. The molecular formula is C25H26FN7O3. The van der Waals surface area contributed by atoms with Crippen LogP contribution in [0.3, 0.4) is 0 Å². The van der Waals surface area contributed by atoms with E-state index in [0.717, 1.165) is 19.0 Å². The summed E-state index contributed by atoms with van der Waals surface area (Å²) in [7, 11) is 1.60. The van der Waals surface area contributed by atoms with E-state index in [1.54, 1.807) is 40.9 Å². The third kappa shape index (κ3) is 5.09. The van der Waals surface area contributed by atoms with Gasteiger partial charge in [-0.1, -0.05) is 6.58 Å². The van der Waals surface area contributed by atoms with Crippen LogP contribution in [0.4, 0.5) is 4.39 Å². The lowest BCUT2D eigenvalue weighted by atomic mass is 10.0. The van der Waals surface area contributed by atoms with Crippen LogP contribution in [0.15, 0.2) is 60.4 Å². The molecule has 0 bridgehead atoms. The van der Waals surface area contributed by atoms with Crippen molar-refractivity contribution in [2.45, 2.75) is 18.9 Å². The van der Waals surface area contributed by atoms with Crippen LogP contribution in [0.1, 0.15) is 34.9 Å². The van der Waals surface area contributed by atoms with E-state index in [0.29, 0.717) is 41.9 Å². The number of benzene rings is 1. The highest BCUT2D eigenvalue weighted by atomic mass is 19.1. The SMILES string of the molecule is C=CC(=O)N1CCCC(n2nc(-c3ccc(Oc4ccc(F)cn4)cc3)c(/C(N)=N\NC)c2C=O)C1. The van der Waals surface area contributed by atoms with Crippen LogP contribution < -0.4 is 15.9 Å². The van der Waals surface area contributed by atoms with Gasteiger partial charge in [-0.05, 0) is 49.2 Å². The number of hydrogen-bond donors (Lipinski definition) is 2. The number of nitrogens with two attached hydrogens (primary N) is 1. The number of ether oxygens (including phenoxy) is 1. The molecule has 1 fully saturated rings. The van der Waals surface area contributed by atoms with Gasteiger partial charge in [-0.2, -0.15) is 10.2 Å². The number of nitrogens with one attached hydrogen (secondary N) is 1. The van der Waals surface area contributed by atoms with Crippen molar-refractivity contribution < 1.29 is 18.7 Å². The molecule has 0 saturated carbocycles. The van der Waals surface area contributed by atoms with E-state index in [-0.39, 0.29) is 29.4 Å². The van der Waals surface area contributed by atoms with Crippen LogP contribution in [0, 0.1) is 5.82 Å². The minimum atomic E-state index is -0.456. The topological polar surface area (TPSA) is 128 Å². The molecule has 1 saturated heterocycles. The first kappa shape index (κ1) is 24.6. The summed E-state index contributed by atoms with van der Waals surface area (Å²) in [6, 6.07) is 9.43. The van der Waals surface area contributed by atoms with Gasteiger partial charge in [-0.25, -0.2) is 9.37 Å². The highest BCUT2D eigenvalue weighted by Gasteiger charge is 2.30. The molecule has 1 atom stereocenters. The summed E-state index contributed by atoms with van der Waals surface area (Å²) < 4.78 is 20.4. The van der Waals surface area contributed by atoms with Gasteiger partial charge in [0.1, 0.15) is 23.0 Å². The van der Waals surface area contributed by atoms with E-state index in [1.165, 1.54) is 18.2 Å². The molecule has 36 heavy (non-hydrogen) atoms. The summed E-state index contributed by atoms with van der Waals surface area (Å²) >= 11 is 0. The van der Waals surface area contributed by atoms with Crippen molar-refractivity contribution in [1.29, 1.82) is 0 Å². The third-order valence-corrected chi connectivity index (χ3v) is 5.83. The molecule has 0 radical (unpaired) electrons. The minimum Gasteiger partial charge on any atom is -0.439 e. The van der Waals surface area contributed by atoms with E-state index < -0.39 is 5.82 Å². The van der Waals surface area contributed by atoms with E-state index in [4.69, 9.17) is 15.6 Å². The molecule has 186 valence electrons. The van der Waals surface area contributed by atoms with Gasteiger partial charge in [-0.3, -0.25) is 14.3 Å². The Kier molecular flexibility index (Phi) is 7.38. The molecule has 0 spiro atoms. The predicted molar refractivity (Wildman–Crippen MR) is 132 cm³/mol. The lowest BCUT2D eigenvalue weighted by molar-refractivity contribution is -0.127. The summed E-state index contributed by atoms with van der Waals surface area (Å²) in [5.74, 6) is 0.215. The number of hydrogen-bond acceptors (Lipinski definition) is 7. The number of carbonyl (C=O) groups is 2. The second kappa shape index (κ2) is 10.8. The molecule has 10 nitrogen and oxygen atoms in total. The van der Waals surface area contributed by atoms with Crippen molar-refractivity contribution in [3.63, 3.8) is 0 Å². The van der Waals surface area contributed by atoms with Gasteiger partial charge in [0, 0.05) is 31.8 Å². The van der Waals surface area contributed by atoms with Gasteiger partial charge in [0.05, 0.1) is 17.8 Å². The summed E-state index contributed by atoms with van der Waals surface area (Å²) in [5.41, 5.74) is 10.7. The maximum atomic E-state index is 13.1. The number of rotatable bonds is 8. The molecule has 2 aromatic heterocycles. The van der Waals surface area contributed by atoms with Crippen molar-refractivity contribution >= 4 is 18.0 Å². The van der Waals surface area contributed by atoms with Gasteiger partial charge in [0.2, 0.25) is 11.8 Å². The number of hydrazone groups is 1. The number of piperidine rings is 1. The average molecular weight is 492 g/mol. The van der Waals surface area contributed by atoms with Crippen LogP contribution in [-0.2, 0) is 4.79 Å². The Hall–Kier alpha value is -4.54.